The van der Waals surface area contributed by atoms with Crippen molar-refractivity contribution in [1.29, 1.82) is 0 Å². The molecule has 14 heavy (non-hydrogen) atoms. The van der Waals surface area contributed by atoms with E-state index in [1.54, 1.807) is 0 Å². The number of nitrogens with one attached hydrogen (secondary N) is 1. The lowest BCUT2D eigenvalue weighted by molar-refractivity contribution is 0.441. The minimum Gasteiger partial charge on any atom is -0.316 e. The molecule has 2 rings (SSSR count). The fourth-order valence-corrected chi connectivity index (χ4v) is 1.73. The van der Waals surface area contributed by atoms with Crippen LogP contribution in [0.15, 0.2) is 6.20 Å². The molecule has 0 radical (unpaired) electrons. The minimum atomic E-state index is -1.23. The van der Waals surface area contributed by atoms with Gasteiger partial charge in [0.2, 0.25) is 5.95 Å². The maximum absolute atomic E-state index is 13.2. The van der Waals surface area contributed by atoms with Crippen molar-refractivity contribution < 1.29 is 13.2 Å². The van der Waals surface area contributed by atoms with Gasteiger partial charge in [-0.05, 0) is 13.0 Å². The number of pyridine rings is 1. The number of nitrogens with zero attached hydrogens (tertiary/aromatic N) is 1. The third kappa shape index (κ3) is 1.48. The molecule has 0 bridgehead atoms. The van der Waals surface area contributed by atoms with Gasteiger partial charge in [0, 0.05) is 18.0 Å². The molecule has 0 amide bonds. The topological polar surface area (TPSA) is 24.9 Å². The zero-order valence-electron chi connectivity index (χ0n) is 7.36. The molecule has 1 unspecified atom stereocenters. The Labute approximate surface area is 79.2 Å². The van der Waals surface area contributed by atoms with Gasteiger partial charge >= 0.3 is 0 Å². The summed E-state index contributed by atoms with van der Waals surface area (Å²) in [4.78, 5) is 2.97. The highest BCUT2D eigenvalue weighted by molar-refractivity contribution is 5.22. The molecule has 0 spiro atoms. The molecule has 1 fully saturated rings. The molecule has 1 aromatic rings. The summed E-state index contributed by atoms with van der Waals surface area (Å²) in [5.41, 5.74) is -0.178. The summed E-state index contributed by atoms with van der Waals surface area (Å²) >= 11 is 0. The van der Waals surface area contributed by atoms with Crippen LogP contribution in [0.25, 0.3) is 0 Å². The van der Waals surface area contributed by atoms with Gasteiger partial charge in [-0.3, -0.25) is 0 Å². The molecule has 0 aromatic carbocycles. The Morgan fingerprint density at radius 2 is 2.14 bits per heavy atom. The zero-order valence-corrected chi connectivity index (χ0v) is 7.36. The Bertz CT molecular complexity index is 348. The van der Waals surface area contributed by atoms with Gasteiger partial charge in [0.1, 0.15) is 5.82 Å². The fourth-order valence-electron chi connectivity index (χ4n) is 1.73. The number of halogens is 3. The number of hydrogen-bond acceptors (Lipinski definition) is 2. The average molecular weight is 202 g/mol. The zero-order chi connectivity index (χ0) is 10.1. The lowest BCUT2D eigenvalue weighted by Gasteiger charge is -2.10. The van der Waals surface area contributed by atoms with Crippen molar-refractivity contribution in [1.82, 2.24) is 10.3 Å². The second kappa shape index (κ2) is 3.57. The van der Waals surface area contributed by atoms with Gasteiger partial charge in [-0.15, -0.1) is 0 Å². The van der Waals surface area contributed by atoms with E-state index in [4.69, 9.17) is 0 Å². The molecule has 1 aliphatic rings. The molecule has 0 saturated carbocycles. The van der Waals surface area contributed by atoms with E-state index in [0.29, 0.717) is 19.5 Å². The van der Waals surface area contributed by atoms with Gasteiger partial charge < -0.3 is 5.32 Å². The fraction of sp³-hybridized carbons (Fsp3) is 0.444. The normalized spacial score (nSPS) is 21.5. The maximum atomic E-state index is 13.2. The van der Waals surface area contributed by atoms with E-state index in [2.05, 4.69) is 10.3 Å². The van der Waals surface area contributed by atoms with Crippen molar-refractivity contribution in [3.05, 3.63) is 29.3 Å². The first kappa shape index (κ1) is 9.45. The van der Waals surface area contributed by atoms with Gasteiger partial charge in [-0.25, -0.2) is 13.8 Å². The molecule has 1 aromatic heterocycles. The molecule has 1 saturated heterocycles. The molecule has 2 heterocycles. The minimum absolute atomic E-state index is 0.178. The van der Waals surface area contributed by atoms with Crippen molar-refractivity contribution in [3.8, 4) is 0 Å². The van der Waals surface area contributed by atoms with E-state index in [1.807, 2.05) is 0 Å². The molecule has 1 N–H and O–H groups in total. The quantitative estimate of drug-likeness (QED) is 0.699. The second-order valence-electron chi connectivity index (χ2n) is 3.31. The van der Waals surface area contributed by atoms with Crippen LogP contribution in [0.5, 0.6) is 0 Å². The molecule has 0 aliphatic carbocycles. The smallest absolute Gasteiger partial charge is 0.249 e. The van der Waals surface area contributed by atoms with Gasteiger partial charge in [-0.2, -0.15) is 4.39 Å². The van der Waals surface area contributed by atoms with E-state index in [9.17, 15) is 13.2 Å². The second-order valence-corrected chi connectivity index (χ2v) is 3.31. The van der Waals surface area contributed by atoms with Crippen molar-refractivity contribution in [3.63, 3.8) is 0 Å². The maximum Gasteiger partial charge on any atom is 0.249 e. The number of rotatable bonds is 1. The van der Waals surface area contributed by atoms with Crippen LogP contribution >= 0.6 is 0 Å². The standard InChI is InChI=1S/C9H9F3N2/c10-6-4-14-9(12)8(11)7(6)5-1-2-13-3-5/h4-5,13H,1-3H2. The Morgan fingerprint density at radius 3 is 2.79 bits per heavy atom. The Kier molecular flexibility index (Phi) is 2.41. The average Bonchev–Trinajstić information content (AvgIpc) is 2.65. The van der Waals surface area contributed by atoms with Crippen LogP contribution in [0, 0.1) is 17.6 Å². The van der Waals surface area contributed by atoms with Crippen molar-refractivity contribution in [2.45, 2.75) is 12.3 Å². The number of hydrogen-bond donors (Lipinski definition) is 1. The summed E-state index contributed by atoms with van der Waals surface area (Å²) in [5, 5.41) is 2.97. The third-order valence-electron chi connectivity index (χ3n) is 2.43. The molecular formula is C9H9F3N2. The monoisotopic (exact) mass is 202 g/mol. The van der Waals surface area contributed by atoms with Crippen molar-refractivity contribution in [2.24, 2.45) is 0 Å². The van der Waals surface area contributed by atoms with Gasteiger partial charge in [0.25, 0.3) is 0 Å². The summed E-state index contributed by atoms with van der Waals surface area (Å²) in [6.45, 7) is 1.19. The first-order chi connectivity index (χ1) is 6.70. The highest BCUT2D eigenvalue weighted by Crippen LogP contribution is 2.27. The largest absolute Gasteiger partial charge is 0.316 e. The van der Waals surface area contributed by atoms with Gasteiger partial charge in [-0.1, -0.05) is 0 Å². The van der Waals surface area contributed by atoms with E-state index in [0.717, 1.165) is 6.20 Å². The summed E-state index contributed by atoms with van der Waals surface area (Å²) in [6, 6.07) is 0. The van der Waals surface area contributed by atoms with Crippen LogP contribution in [-0.2, 0) is 0 Å². The summed E-state index contributed by atoms with van der Waals surface area (Å²) in [7, 11) is 0. The molecule has 76 valence electrons. The molecular weight excluding hydrogens is 193 g/mol. The van der Waals surface area contributed by atoms with E-state index >= 15 is 0 Å². The van der Waals surface area contributed by atoms with Crippen molar-refractivity contribution in [2.75, 3.05) is 13.1 Å². The Hall–Kier alpha value is -1.10. The first-order valence-electron chi connectivity index (χ1n) is 4.40. The molecule has 5 heteroatoms. The summed E-state index contributed by atoms with van der Waals surface area (Å²) in [6.07, 6.45) is 1.35. The molecule has 2 nitrogen and oxygen atoms in total. The van der Waals surface area contributed by atoms with E-state index < -0.39 is 17.6 Å². The highest BCUT2D eigenvalue weighted by atomic mass is 19.2. The van der Waals surface area contributed by atoms with Crippen LogP contribution in [0.2, 0.25) is 0 Å². The Balaban J connectivity index is 2.44. The summed E-state index contributed by atoms with van der Waals surface area (Å²) in [5.74, 6) is -3.43. The summed E-state index contributed by atoms with van der Waals surface area (Å²) < 4.78 is 39.1. The van der Waals surface area contributed by atoms with Crippen LogP contribution < -0.4 is 5.32 Å². The van der Waals surface area contributed by atoms with Crippen molar-refractivity contribution >= 4 is 0 Å². The van der Waals surface area contributed by atoms with Crippen LogP contribution in [0.1, 0.15) is 17.9 Å². The lowest BCUT2D eigenvalue weighted by Crippen LogP contribution is -2.12. The Morgan fingerprint density at radius 1 is 1.36 bits per heavy atom. The predicted molar refractivity (Wildman–Crippen MR) is 44.3 cm³/mol. The van der Waals surface area contributed by atoms with E-state index in [-0.39, 0.29) is 11.5 Å². The van der Waals surface area contributed by atoms with Crippen LogP contribution in [0.3, 0.4) is 0 Å². The lowest BCUT2D eigenvalue weighted by atomic mass is 9.98. The highest BCUT2D eigenvalue weighted by Gasteiger charge is 2.25. The van der Waals surface area contributed by atoms with Crippen LogP contribution in [-0.4, -0.2) is 18.1 Å². The third-order valence-corrected chi connectivity index (χ3v) is 2.43. The number of aromatic nitrogens is 1. The van der Waals surface area contributed by atoms with E-state index in [1.165, 1.54) is 0 Å². The first-order valence-corrected chi connectivity index (χ1v) is 4.40. The van der Waals surface area contributed by atoms with Gasteiger partial charge in [0.15, 0.2) is 5.82 Å². The predicted octanol–water partition coefficient (Wildman–Crippen LogP) is 1.58. The van der Waals surface area contributed by atoms with Crippen LogP contribution in [0.4, 0.5) is 13.2 Å². The van der Waals surface area contributed by atoms with Gasteiger partial charge in [0.05, 0.1) is 6.20 Å². The molecule has 1 aliphatic heterocycles. The SMILES string of the molecule is Fc1cnc(F)c(F)c1C1CCNC1. The molecule has 1 atom stereocenters.